The van der Waals surface area contributed by atoms with Gasteiger partial charge in [-0.1, -0.05) is 24.3 Å². The number of carbonyl (C=O) groups excluding carboxylic acids is 1. The Morgan fingerprint density at radius 3 is 2.37 bits per heavy atom. The molecule has 4 N–H and O–H groups in total. The molecule has 0 bridgehead atoms. The normalized spacial score (nSPS) is 9.79. The summed E-state index contributed by atoms with van der Waals surface area (Å²) < 4.78 is 5.18. The summed E-state index contributed by atoms with van der Waals surface area (Å²) in [5.74, 6) is 5.74. The minimum atomic E-state index is -0.252. The smallest absolute Gasteiger partial charge is 0.257 e. The molecule has 2 rings (SSSR count). The maximum Gasteiger partial charge on any atom is 0.257 e. The molecule has 5 nitrogen and oxygen atoms in total. The van der Waals surface area contributed by atoms with E-state index in [0.717, 1.165) is 0 Å². The minimum Gasteiger partial charge on any atom is -0.495 e. The van der Waals surface area contributed by atoms with Gasteiger partial charge in [0.1, 0.15) is 5.75 Å². The van der Waals surface area contributed by atoms with Crippen LogP contribution in [0.2, 0.25) is 0 Å². The molecule has 2 aromatic rings. The first-order valence-electron chi connectivity index (χ1n) is 5.76. The molecule has 0 radical (unpaired) electrons. The van der Waals surface area contributed by atoms with Crippen molar-refractivity contribution in [2.24, 2.45) is 5.84 Å². The number of hydrogen-bond donors (Lipinski definition) is 3. The van der Waals surface area contributed by atoms with Crippen molar-refractivity contribution in [3.8, 4) is 5.75 Å². The molecule has 0 saturated heterocycles. The van der Waals surface area contributed by atoms with E-state index in [4.69, 9.17) is 10.6 Å². The van der Waals surface area contributed by atoms with E-state index in [1.807, 2.05) is 12.1 Å². The lowest BCUT2D eigenvalue weighted by molar-refractivity contribution is 0.102. The Labute approximate surface area is 111 Å². The SMILES string of the molecule is COc1ccccc1NC(=O)c1ccccc1NN. The first-order chi connectivity index (χ1) is 9.26. The highest BCUT2D eigenvalue weighted by Crippen LogP contribution is 2.24. The third kappa shape index (κ3) is 2.83. The number of hydrazine groups is 1. The number of amides is 1. The molecule has 0 aliphatic carbocycles. The van der Waals surface area contributed by atoms with Crippen LogP contribution in [0.3, 0.4) is 0 Å². The number of anilines is 2. The van der Waals surface area contributed by atoms with Gasteiger partial charge in [0.2, 0.25) is 0 Å². The van der Waals surface area contributed by atoms with Crippen LogP contribution in [-0.2, 0) is 0 Å². The highest BCUT2D eigenvalue weighted by molar-refractivity contribution is 6.08. The average molecular weight is 257 g/mol. The van der Waals surface area contributed by atoms with Gasteiger partial charge in [-0.3, -0.25) is 10.6 Å². The first-order valence-corrected chi connectivity index (χ1v) is 5.76. The molecule has 2 aromatic carbocycles. The summed E-state index contributed by atoms with van der Waals surface area (Å²) in [6.07, 6.45) is 0. The Hall–Kier alpha value is -2.53. The minimum absolute atomic E-state index is 0.252. The van der Waals surface area contributed by atoms with Gasteiger partial charge in [-0.2, -0.15) is 0 Å². The van der Waals surface area contributed by atoms with Crippen LogP contribution in [0.1, 0.15) is 10.4 Å². The predicted molar refractivity (Wildman–Crippen MR) is 75.2 cm³/mol. The maximum atomic E-state index is 12.2. The van der Waals surface area contributed by atoms with Gasteiger partial charge in [-0.25, -0.2) is 0 Å². The predicted octanol–water partition coefficient (Wildman–Crippen LogP) is 2.23. The third-order valence-electron chi connectivity index (χ3n) is 2.68. The molecular formula is C14H15N3O2. The summed E-state index contributed by atoms with van der Waals surface area (Å²) in [5, 5.41) is 2.79. The van der Waals surface area contributed by atoms with Gasteiger partial charge < -0.3 is 15.5 Å². The molecule has 19 heavy (non-hydrogen) atoms. The van der Waals surface area contributed by atoms with Crippen LogP contribution >= 0.6 is 0 Å². The number of carbonyl (C=O) groups is 1. The van der Waals surface area contributed by atoms with Gasteiger partial charge in [-0.15, -0.1) is 0 Å². The van der Waals surface area contributed by atoms with Gasteiger partial charge in [0.15, 0.2) is 0 Å². The lowest BCUT2D eigenvalue weighted by Gasteiger charge is -2.11. The zero-order chi connectivity index (χ0) is 13.7. The van der Waals surface area contributed by atoms with Crippen molar-refractivity contribution in [2.75, 3.05) is 17.9 Å². The fourth-order valence-electron chi connectivity index (χ4n) is 1.74. The van der Waals surface area contributed by atoms with E-state index in [1.54, 1.807) is 43.5 Å². The average Bonchev–Trinajstić information content (AvgIpc) is 2.47. The standard InChI is InChI=1S/C14H15N3O2/c1-19-13-9-5-4-8-12(13)16-14(18)10-6-2-3-7-11(10)17-15/h2-9,17H,15H2,1H3,(H,16,18). The van der Waals surface area contributed by atoms with E-state index >= 15 is 0 Å². The molecule has 1 amide bonds. The zero-order valence-corrected chi connectivity index (χ0v) is 10.5. The van der Waals surface area contributed by atoms with Gasteiger partial charge in [-0.05, 0) is 24.3 Å². The summed E-state index contributed by atoms with van der Waals surface area (Å²) in [6, 6.07) is 14.2. The monoisotopic (exact) mass is 257 g/mol. The number of rotatable bonds is 4. The topological polar surface area (TPSA) is 76.4 Å². The quantitative estimate of drug-likeness (QED) is 0.580. The number of methoxy groups -OCH3 is 1. The van der Waals surface area contributed by atoms with Gasteiger partial charge in [0, 0.05) is 0 Å². The zero-order valence-electron chi connectivity index (χ0n) is 10.5. The molecule has 0 aliphatic rings. The Bertz CT molecular complexity index is 584. The van der Waals surface area contributed by atoms with Crippen molar-refractivity contribution in [1.29, 1.82) is 0 Å². The van der Waals surface area contributed by atoms with Gasteiger partial charge in [0.05, 0.1) is 24.0 Å². The fourth-order valence-corrected chi connectivity index (χ4v) is 1.74. The van der Waals surface area contributed by atoms with E-state index in [-0.39, 0.29) is 5.91 Å². The van der Waals surface area contributed by atoms with Crippen LogP contribution in [0.15, 0.2) is 48.5 Å². The van der Waals surface area contributed by atoms with Crippen LogP contribution in [0.5, 0.6) is 5.75 Å². The molecular weight excluding hydrogens is 242 g/mol. The number of nitrogens with one attached hydrogen (secondary N) is 2. The van der Waals surface area contributed by atoms with E-state index < -0.39 is 0 Å². The van der Waals surface area contributed by atoms with Crippen molar-refractivity contribution in [2.45, 2.75) is 0 Å². The molecule has 0 fully saturated rings. The Morgan fingerprint density at radius 2 is 1.68 bits per heavy atom. The van der Waals surface area contributed by atoms with Crippen molar-refractivity contribution < 1.29 is 9.53 Å². The maximum absolute atomic E-state index is 12.2. The van der Waals surface area contributed by atoms with Crippen LogP contribution < -0.4 is 21.3 Å². The lowest BCUT2D eigenvalue weighted by atomic mass is 10.1. The molecule has 0 saturated carbocycles. The second kappa shape index (κ2) is 5.88. The van der Waals surface area contributed by atoms with Crippen molar-refractivity contribution in [3.63, 3.8) is 0 Å². The van der Waals surface area contributed by atoms with E-state index in [2.05, 4.69) is 10.7 Å². The third-order valence-corrected chi connectivity index (χ3v) is 2.68. The van der Waals surface area contributed by atoms with Crippen molar-refractivity contribution >= 4 is 17.3 Å². The summed E-state index contributed by atoms with van der Waals surface area (Å²) >= 11 is 0. The van der Waals surface area contributed by atoms with Crippen LogP contribution in [0.4, 0.5) is 11.4 Å². The molecule has 5 heteroatoms. The molecule has 0 aromatic heterocycles. The Morgan fingerprint density at radius 1 is 1.05 bits per heavy atom. The Balaban J connectivity index is 2.26. The summed E-state index contributed by atoms with van der Waals surface area (Å²) in [5.41, 5.74) is 4.14. The summed E-state index contributed by atoms with van der Waals surface area (Å²) in [4.78, 5) is 12.2. The number of ether oxygens (including phenoxy) is 1. The number of nitrogens with two attached hydrogens (primary N) is 1. The number of benzene rings is 2. The van der Waals surface area contributed by atoms with E-state index in [9.17, 15) is 4.79 Å². The van der Waals surface area contributed by atoms with Crippen LogP contribution in [-0.4, -0.2) is 13.0 Å². The summed E-state index contributed by atoms with van der Waals surface area (Å²) in [7, 11) is 1.56. The number of nitrogen functional groups attached to an aromatic ring is 1. The fraction of sp³-hybridized carbons (Fsp3) is 0.0714. The molecule has 0 spiro atoms. The van der Waals surface area contributed by atoms with Crippen molar-refractivity contribution in [3.05, 3.63) is 54.1 Å². The van der Waals surface area contributed by atoms with Crippen molar-refractivity contribution in [1.82, 2.24) is 0 Å². The lowest BCUT2D eigenvalue weighted by Crippen LogP contribution is -2.17. The summed E-state index contributed by atoms with van der Waals surface area (Å²) in [6.45, 7) is 0. The highest BCUT2D eigenvalue weighted by Gasteiger charge is 2.12. The first kappa shape index (κ1) is 12.9. The highest BCUT2D eigenvalue weighted by atomic mass is 16.5. The van der Waals surface area contributed by atoms with Gasteiger partial charge in [0.25, 0.3) is 5.91 Å². The molecule has 98 valence electrons. The van der Waals surface area contributed by atoms with Crippen LogP contribution in [0.25, 0.3) is 0 Å². The molecule has 0 unspecified atom stereocenters. The Kier molecular flexibility index (Phi) is 4.00. The molecule has 0 atom stereocenters. The van der Waals surface area contributed by atoms with E-state index in [1.165, 1.54) is 0 Å². The van der Waals surface area contributed by atoms with Gasteiger partial charge >= 0.3 is 0 Å². The number of hydrogen-bond acceptors (Lipinski definition) is 4. The number of para-hydroxylation sites is 3. The molecule has 0 heterocycles. The largest absolute Gasteiger partial charge is 0.495 e. The second-order valence-electron chi connectivity index (χ2n) is 3.84. The van der Waals surface area contributed by atoms with Crippen LogP contribution in [0, 0.1) is 0 Å². The van der Waals surface area contributed by atoms with E-state index in [0.29, 0.717) is 22.7 Å². The second-order valence-corrected chi connectivity index (χ2v) is 3.84. The molecule has 0 aliphatic heterocycles.